The number of nitrogens with zero attached hydrogens (tertiary/aromatic N) is 2. The SMILES string of the molecule is Cc1ccc(-c2ccn(C(=O)NC3CN4CC[C@H]3C4)c2)cc1. The fourth-order valence-electron chi connectivity index (χ4n) is 3.62. The second kappa shape index (κ2) is 5.29. The molecule has 0 radical (unpaired) electrons. The normalized spacial score (nSPS) is 26.3. The van der Waals surface area contributed by atoms with Crippen LogP contribution < -0.4 is 5.32 Å². The second-order valence-electron chi connectivity index (χ2n) is 6.54. The quantitative estimate of drug-likeness (QED) is 0.925. The van der Waals surface area contributed by atoms with Crippen molar-refractivity contribution in [1.29, 1.82) is 0 Å². The molecule has 4 heteroatoms. The molecular formula is C18H21N3O. The number of aromatic nitrogens is 1. The summed E-state index contributed by atoms with van der Waals surface area (Å²) in [7, 11) is 0. The lowest BCUT2D eigenvalue weighted by Crippen LogP contribution is -2.44. The zero-order valence-corrected chi connectivity index (χ0v) is 12.8. The number of carbonyl (C=O) groups excluding carboxylic acids is 1. The van der Waals surface area contributed by atoms with Crippen molar-refractivity contribution in [1.82, 2.24) is 14.8 Å². The van der Waals surface area contributed by atoms with E-state index in [0.717, 1.165) is 24.2 Å². The van der Waals surface area contributed by atoms with Gasteiger partial charge in [0.25, 0.3) is 0 Å². The molecule has 1 N–H and O–H groups in total. The van der Waals surface area contributed by atoms with Gasteiger partial charge in [0.1, 0.15) is 0 Å². The van der Waals surface area contributed by atoms with Gasteiger partial charge < -0.3 is 10.2 Å². The lowest BCUT2D eigenvalue weighted by atomic mass is 10.0. The van der Waals surface area contributed by atoms with Crippen LogP contribution in [0.2, 0.25) is 0 Å². The predicted octanol–water partition coefficient (Wildman–Crippen LogP) is 2.73. The van der Waals surface area contributed by atoms with Crippen LogP contribution in [0.3, 0.4) is 0 Å². The van der Waals surface area contributed by atoms with E-state index < -0.39 is 0 Å². The van der Waals surface area contributed by atoms with Crippen molar-refractivity contribution < 1.29 is 4.79 Å². The summed E-state index contributed by atoms with van der Waals surface area (Å²) in [6.07, 6.45) is 4.97. The standard InChI is InChI=1S/C18H21N3O/c1-13-2-4-14(5-3-13)15-7-9-21(11-15)18(22)19-17-12-20-8-6-16(17)10-20/h2-5,7,9,11,16-17H,6,8,10,12H2,1H3,(H,19,22)/t16-,17?/m0/s1. The van der Waals surface area contributed by atoms with Crippen molar-refractivity contribution in [2.45, 2.75) is 19.4 Å². The molecule has 3 atom stereocenters. The Kier molecular flexibility index (Phi) is 3.26. The summed E-state index contributed by atoms with van der Waals surface area (Å²) in [5, 5.41) is 3.18. The average Bonchev–Trinajstić information content (AvgIpc) is 3.24. The molecule has 2 fully saturated rings. The molecule has 114 valence electrons. The van der Waals surface area contributed by atoms with Crippen molar-refractivity contribution >= 4 is 6.03 Å². The highest BCUT2D eigenvalue weighted by atomic mass is 16.2. The lowest BCUT2D eigenvalue weighted by molar-refractivity contribution is 0.231. The van der Waals surface area contributed by atoms with E-state index in [0.29, 0.717) is 12.0 Å². The summed E-state index contributed by atoms with van der Waals surface area (Å²) < 4.78 is 1.66. The highest BCUT2D eigenvalue weighted by molar-refractivity contribution is 5.79. The van der Waals surface area contributed by atoms with Crippen LogP contribution in [-0.4, -0.2) is 41.2 Å². The Hall–Kier alpha value is -2.07. The van der Waals surface area contributed by atoms with Gasteiger partial charge in [0, 0.05) is 31.5 Å². The van der Waals surface area contributed by atoms with E-state index in [9.17, 15) is 4.79 Å². The zero-order chi connectivity index (χ0) is 15.1. The number of benzene rings is 1. The largest absolute Gasteiger partial charge is 0.333 e. The van der Waals surface area contributed by atoms with Crippen molar-refractivity contribution in [3.8, 4) is 11.1 Å². The Balaban J connectivity index is 1.46. The third-order valence-corrected chi connectivity index (χ3v) is 4.95. The van der Waals surface area contributed by atoms with E-state index >= 15 is 0 Å². The third-order valence-electron chi connectivity index (χ3n) is 4.95. The van der Waals surface area contributed by atoms with Crippen LogP contribution in [0, 0.1) is 12.8 Å². The van der Waals surface area contributed by atoms with E-state index in [-0.39, 0.29) is 6.03 Å². The smallest absolute Gasteiger partial charge is 0.325 e. The van der Waals surface area contributed by atoms with Crippen molar-refractivity contribution in [2.75, 3.05) is 19.6 Å². The Morgan fingerprint density at radius 3 is 2.64 bits per heavy atom. The molecule has 2 aromatic rings. The van der Waals surface area contributed by atoms with E-state index in [4.69, 9.17) is 0 Å². The third kappa shape index (κ3) is 2.44. The van der Waals surface area contributed by atoms with Crippen LogP contribution in [0.15, 0.2) is 42.7 Å². The summed E-state index contributed by atoms with van der Waals surface area (Å²) in [5.41, 5.74) is 3.46. The highest BCUT2D eigenvalue weighted by Gasteiger charge is 2.38. The van der Waals surface area contributed by atoms with Crippen molar-refractivity contribution in [2.24, 2.45) is 5.92 Å². The summed E-state index contributed by atoms with van der Waals surface area (Å²) in [6, 6.07) is 10.7. The zero-order valence-electron chi connectivity index (χ0n) is 12.8. The van der Waals surface area contributed by atoms with Gasteiger partial charge in [-0.2, -0.15) is 0 Å². The first-order chi connectivity index (χ1) is 10.7. The average molecular weight is 295 g/mol. The van der Waals surface area contributed by atoms with Crippen LogP contribution in [0.5, 0.6) is 0 Å². The molecule has 2 aliphatic heterocycles. The van der Waals surface area contributed by atoms with E-state index in [2.05, 4.69) is 41.4 Å². The number of hydrogen-bond donors (Lipinski definition) is 1. The van der Waals surface area contributed by atoms with Crippen molar-refractivity contribution in [3.63, 3.8) is 0 Å². The number of hydrogen-bond acceptors (Lipinski definition) is 2. The molecule has 2 saturated heterocycles. The van der Waals surface area contributed by atoms with Gasteiger partial charge in [-0.3, -0.25) is 4.57 Å². The maximum atomic E-state index is 12.4. The molecule has 2 bridgehead atoms. The van der Waals surface area contributed by atoms with Crippen LogP contribution in [0.1, 0.15) is 12.0 Å². The van der Waals surface area contributed by atoms with Crippen LogP contribution >= 0.6 is 0 Å². The number of fused-ring (bicyclic) bond motifs is 2. The van der Waals surface area contributed by atoms with Gasteiger partial charge in [0.15, 0.2) is 0 Å². The Labute approximate surface area is 130 Å². The Morgan fingerprint density at radius 1 is 1.14 bits per heavy atom. The first-order valence-electron chi connectivity index (χ1n) is 7.97. The summed E-state index contributed by atoms with van der Waals surface area (Å²) in [4.78, 5) is 14.8. The summed E-state index contributed by atoms with van der Waals surface area (Å²) >= 11 is 0. The van der Waals surface area contributed by atoms with Crippen LogP contribution in [-0.2, 0) is 0 Å². The molecular weight excluding hydrogens is 274 g/mol. The monoisotopic (exact) mass is 295 g/mol. The van der Waals surface area contributed by atoms with E-state index in [1.807, 2.05) is 18.5 Å². The molecule has 2 aliphatic rings. The molecule has 22 heavy (non-hydrogen) atoms. The topological polar surface area (TPSA) is 37.3 Å². The number of carbonyl (C=O) groups is 1. The molecule has 3 heterocycles. The molecule has 0 saturated carbocycles. The molecule has 0 spiro atoms. The highest BCUT2D eigenvalue weighted by Crippen LogP contribution is 2.28. The minimum absolute atomic E-state index is 0.0166. The Morgan fingerprint density at radius 2 is 1.95 bits per heavy atom. The number of amides is 1. The van der Waals surface area contributed by atoms with Gasteiger partial charge in [-0.25, -0.2) is 4.79 Å². The number of aryl methyl sites for hydroxylation is 1. The Bertz CT molecular complexity index is 689. The first-order valence-corrected chi connectivity index (χ1v) is 7.97. The molecule has 4 rings (SSSR count). The van der Waals surface area contributed by atoms with Gasteiger partial charge in [0.05, 0.1) is 0 Å². The molecule has 2 unspecified atom stereocenters. The van der Waals surface area contributed by atoms with Crippen LogP contribution in [0.4, 0.5) is 4.79 Å². The molecule has 1 aromatic heterocycles. The number of rotatable bonds is 2. The van der Waals surface area contributed by atoms with Crippen molar-refractivity contribution in [3.05, 3.63) is 48.3 Å². The lowest BCUT2D eigenvalue weighted by Gasteiger charge is -2.23. The minimum atomic E-state index is -0.0166. The maximum Gasteiger partial charge on any atom is 0.325 e. The summed E-state index contributed by atoms with van der Waals surface area (Å²) in [6.45, 7) is 5.42. The molecule has 1 amide bonds. The molecule has 4 nitrogen and oxygen atoms in total. The fourth-order valence-corrected chi connectivity index (χ4v) is 3.62. The van der Waals surface area contributed by atoms with Gasteiger partial charge >= 0.3 is 6.03 Å². The summed E-state index contributed by atoms with van der Waals surface area (Å²) in [5.74, 6) is 0.635. The fraction of sp³-hybridized carbons (Fsp3) is 0.389. The number of nitrogens with one attached hydrogen (secondary N) is 1. The molecule has 1 aromatic carbocycles. The second-order valence-corrected chi connectivity index (χ2v) is 6.54. The first kappa shape index (κ1) is 13.6. The minimum Gasteiger partial charge on any atom is -0.333 e. The van der Waals surface area contributed by atoms with E-state index in [1.54, 1.807) is 4.57 Å². The van der Waals surface area contributed by atoms with Gasteiger partial charge in [-0.1, -0.05) is 29.8 Å². The number of piperidine rings is 1. The van der Waals surface area contributed by atoms with Gasteiger partial charge in [-0.05, 0) is 43.0 Å². The van der Waals surface area contributed by atoms with Gasteiger partial charge in [-0.15, -0.1) is 0 Å². The maximum absolute atomic E-state index is 12.4. The van der Waals surface area contributed by atoms with E-state index in [1.165, 1.54) is 18.5 Å². The van der Waals surface area contributed by atoms with Gasteiger partial charge in [0.2, 0.25) is 0 Å². The molecule has 0 aliphatic carbocycles. The van der Waals surface area contributed by atoms with Crippen LogP contribution in [0.25, 0.3) is 11.1 Å². The predicted molar refractivity (Wildman–Crippen MR) is 86.9 cm³/mol.